The molecule has 112 valence electrons. The van der Waals surface area contributed by atoms with Gasteiger partial charge in [0, 0.05) is 12.3 Å². The molecule has 5 heteroatoms. The van der Waals surface area contributed by atoms with Crippen LogP contribution in [0.25, 0.3) is 0 Å². The number of ketones is 2. The zero-order valence-electron chi connectivity index (χ0n) is 12.1. The predicted octanol–water partition coefficient (Wildman–Crippen LogP) is 1.89. The number of carbonyl (C=O) groups excluding carboxylic acids is 3. The van der Waals surface area contributed by atoms with Crippen LogP contribution < -0.4 is 4.74 Å². The molecule has 21 heavy (non-hydrogen) atoms. The Morgan fingerprint density at radius 1 is 1.24 bits per heavy atom. The van der Waals surface area contributed by atoms with Gasteiger partial charge in [-0.25, -0.2) is 0 Å². The van der Waals surface area contributed by atoms with E-state index in [1.54, 1.807) is 38.3 Å². The topological polar surface area (TPSA) is 69.7 Å². The third kappa shape index (κ3) is 3.29. The molecule has 1 fully saturated rings. The van der Waals surface area contributed by atoms with Crippen LogP contribution in [0.3, 0.4) is 0 Å². The highest BCUT2D eigenvalue weighted by molar-refractivity contribution is 6.11. The summed E-state index contributed by atoms with van der Waals surface area (Å²) in [6, 6.07) is 7.06. The maximum atomic E-state index is 12.1. The first kappa shape index (κ1) is 15.2. The van der Waals surface area contributed by atoms with Gasteiger partial charge in [-0.15, -0.1) is 0 Å². The summed E-state index contributed by atoms with van der Waals surface area (Å²) < 4.78 is 10.1. The fraction of sp³-hybridized carbons (Fsp3) is 0.438. The van der Waals surface area contributed by atoms with E-state index in [0.29, 0.717) is 5.75 Å². The van der Waals surface area contributed by atoms with E-state index in [0.717, 1.165) is 5.56 Å². The molecule has 1 saturated carbocycles. The molecule has 0 amide bonds. The highest BCUT2D eigenvalue weighted by Gasteiger charge is 2.42. The molecule has 1 aromatic rings. The van der Waals surface area contributed by atoms with Gasteiger partial charge in [-0.05, 0) is 24.6 Å². The fourth-order valence-electron chi connectivity index (χ4n) is 2.65. The van der Waals surface area contributed by atoms with Gasteiger partial charge in [-0.3, -0.25) is 14.4 Å². The number of methoxy groups -OCH3 is 1. The summed E-state index contributed by atoms with van der Waals surface area (Å²) >= 11 is 0. The summed E-state index contributed by atoms with van der Waals surface area (Å²) in [5, 5.41) is 0. The van der Waals surface area contributed by atoms with Crippen molar-refractivity contribution in [3.05, 3.63) is 29.8 Å². The number of carbonyl (C=O) groups is 3. The zero-order chi connectivity index (χ0) is 15.4. The Balaban J connectivity index is 2.32. The largest absolute Gasteiger partial charge is 0.497 e. The van der Waals surface area contributed by atoms with Gasteiger partial charge in [0.2, 0.25) is 0 Å². The molecule has 0 spiro atoms. The Hall–Kier alpha value is -2.17. The molecule has 0 aliphatic heterocycles. The molecule has 0 aromatic heterocycles. The summed E-state index contributed by atoms with van der Waals surface area (Å²) in [6.07, 6.45) is -0.00230. The Labute approximate surface area is 123 Å². The van der Waals surface area contributed by atoms with Gasteiger partial charge in [0.25, 0.3) is 0 Å². The van der Waals surface area contributed by atoms with Crippen LogP contribution in [0.5, 0.6) is 5.75 Å². The molecular weight excluding hydrogens is 272 g/mol. The first-order valence-corrected chi connectivity index (χ1v) is 6.91. The lowest BCUT2D eigenvalue weighted by Crippen LogP contribution is -2.38. The van der Waals surface area contributed by atoms with Crippen molar-refractivity contribution in [2.75, 3.05) is 13.7 Å². The van der Waals surface area contributed by atoms with Crippen molar-refractivity contribution in [1.82, 2.24) is 0 Å². The van der Waals surface area contributed by atoms with Crippen molar-refractivity contribution < 1.29 is 23.9 Å². The van der Waals surface area contributed by atoms with E-state index >= 15 is 0 Å². The molecule has 1 aromatic carbocycles. The first-order valence-electron chi connectivity index (χ1n) is 6.91. The van der Waals surface area contributed by atoms with Crippen molar-refractivity contribution in [1.29, 1.82) is 0 Å². The number of ether oxygens (including phenoxy) is 2. The molecule has 1 aliphatic carbocycles. The SMILES string of the molecule is CCOC(=O)[C@H]1C(=O)CC(=O)C[C@@H]1c1ccc(OC)cc1. The third-order valence-corrected chi connectivity index (χ3v) is 3.65. The molecule has 2 rings (SSSR count). The van der Waals surface area contributed by atoms with Gasteiger partial charge >= 0.3 is 5.97 Å². The van der Waals surface area contributed by atoms with Crippen molar-refractivity contribution >= 4 is 17.5 Å². The predicted molar refractivity (Wildman–Crippen MR) is 75.1 cm³/mol. The summed E-state index contributed by atoms with van der Waals surface area (Å²) in [6.45, 7) is 1.91. The Morgan fingerprint density at radius 2 is 1.90 bits per heavy atom. The van der Waals surface area contributed by atoms with E-state index in [-0.39, 0.29) is 31.0 Å². The summed E-state index contributed by atoms with van der Waals surface area (Å²) in [4.78, 5) is 35.8. The van der Waals surface area contributed by atoms with Crippen LogP contribution in [0.2, 0.25) is 0 Å². The van der Waals surface area contributed by atoms with Gasteiger partial charge in [-0.2, -0.15) is 0 Å². The molecule has 1 aliphatic rings. The molecule has 5 nitrogen and oxygen atoms in total. The lowest BCUT2D eigenvalue weighted by molar-refractivity contribution is -0.154. The van der Waals surface area contributed by atoms with Gasteiger partial charge < -0.3 is 9.47 Å². The number of esters is 1. The average Bonchev–Trinajstić information content (AvgIpc) is 2.46. The van der Waals surface area contributed by atoms with Gasteiger partial charge in [0.05, 0.1) is 20.1 Å². The molecule has 0 bridgehead atoms. The number of benzene rings is 1. The standard InChI is InChI=1S/C16H18O5/c1-3-21-16(19)15-13(8-11(17)9-14(15)18)10-4-6-12(20-2)7-5-10/h4-7,13,15H,3,8-9H2,1-2H3/t13-,15-/m1/s1. The van der Waals surface area contributed by atoms with Crippen molar-refractivity contribution in [3.63, 3.8) is 0 Å². The van der Waals surface area contributed by atoms with Crippen LogP contribution >= 0.6 is 0 Å². The average molecular weight is 290 g/mol. The second-order valence-corrected chi connectivity index (χ2v) is 5.00. The highest BCUT2D eigenvalue weighted by atomic mass is 16.5. The highest BCUT2D eigenvalue weighted by Crippen LogP contribution is 2.35. The molecule has 2 atom stereocenters. The summed E-state index contributed by atoms with van der Waals surface area (Å²) in [7, 11) is 1.56. The van der Waals surface area contributed by atoms with Crippen LogP contribution in [0.4, 0.5) is 0 Å². The van der Waals surface area contributed by atoms with Gasteiger partial charge in [-0.1, -0.05) is 12.1 Å². The second-order valence-electron chi connectivity index (χ2n) is 5.00. The summed E-state index contributed by atoms with van der Waals surface area (Å²) in [5.41, 5.74) is 0.773. The minimum atomic E-state index is -0.893. The van der Waals surface area contributed by atoms with E-state index < -0.39 is 17.8 Å². The van der Waals surface area contributed by atoms with Gasteiger partial charge in [0.1, 0.15) is 17.5 Å². The van der Waals surface area contributed by atoms with Crippen LogP contribution in [0.1, 0.15) is 31.2 Å². The Morgan fingerprint density at radius 3 is 2.48 bits per heavy atom. The maximum absolute atomic E-state index is 12.1. The summed E-state index contributed by atoms with van der Waals surface area (Å²) in [5.74, 6) is -1.71. The Bertz CT molecular complexity index is 546. The van der Waals surface area contributed by atoms with E-state index in [4.69, 9.17) is 9.47 Å². The number of hydrogen-bond donors (Lipinski definition) is 0. The third-order valence-electron chi connectivity index (χ3n) is 3.65. The van der Waals surface area contributed by atoms with Crippen LogP contribution in [0, 0.1) is 5.92 Å². The van der Waals surface area contributed by atoms with E-state index in [1.807, 2.05) is 0 Å². The monoisotopic (exact) mass is 290 g/mol. The minimum Gasteiger partial charge on any atom is -0.497 e. The fourth-order valence-corrected chi connectivity index (χ4v) is 2.65. The molecule has 0 saturated heterocycles. The van der Waals surface area contributed by atoms with E-state index in [2.05, 4.69) is 0 Å². The number of hydrogen-bond acceptors (Lipinski definition) is 5. The lowest BCUT2D eigenvalue weighted by Gasteiger charge is -2.28. The molecule has 0 radical (unpaired) electrons. The van der Waals surface area contributed by atoms with Crippen LogP contribution in [0.15, 0.2) is 24.3 Å². The van der Waals surface area contributed by atoms with Crippen molar-refractivity contribution in [2.24, 2.45) is 5.92 Å². The number of Topliss-reactive ketones (excluding diaryl/α,β-unsaturated/α-hetero) is 2. The number of rotatable bonds is 4. The van der Waals surface area contributed by atoms with Crippen molar-refractivity contribution in [3.8, 4) is 5.75 Å². The normalized spacial score (nSPS) is 22.0. The van der Waals surface area contributed by atoms with Crippen LogP contribution in [-0.4, -0.2) is 31.3 Å². The zero-order valence-corrected chi connectivity index (χ0v) is 12.1. The minimum absolute atomic E-state index is 0.138. The molecule has 0 unspecified atom stereocenters. The van der Waals surface area contributed by atoms with Gasteiger partial charge in [0.15, 0.2) is 5.78 Å². The second kappa shape index (κ2) is 6.52. The van der Waals surface area contributed by atoms with E-state index in [9.17, 15) is 14.4 Å². The quantitative estimate of drug-likeness (QED) is 0.625. The van der Waals surface area contributed by atoms with Crippen molar-refractivity contribution in [2.45, 2.75) is 25.7 Å². The van der Waals surface area contributed by atoms with Crippen LogP contribution in [-0.2, 0) is 19.1 Å². The lowest BCUT2D eigenvalue weighted by atomic mass is 9.74. The first-order chi connectivity index (χ1) is 10.1. The molecular formula is C16H18O5. The molecule has 0 N–H and O–H groups in total. The maximum Gasteiger partial charge on any atom is 0.317 e. The Kier molecular flexibility index (Phi) is 4.73. The molecule has 0 heterocycles. The van der Waals surface area contributed by atoms with E-state index in [1.165, 1.54) is 0 Å². The smallest absolute Gasteiger partial charge is 0.317 e.